The first-order valence-corrected chi connectivity index (χ1v) is 4.40. The molecule has 1 radical (unpaired) electrons. The number of benzene rings is 2. The minimum atomic E-state index is -1.20. The summed E-state index contributed by atoms with van der Waals surface area (Å²) in [5.74, 6) is -4.04. The molecule has 0 bridgehead atoms. The molecule has 0 N–H and O–H groups in total. The molecular weight excluding hydrogens is 220 g/mol. The van der Waals surface area contributed by atoms with Crippen LogP contribution in [0.5, 0.6) is 0 Å². The third-order valence-electron chi connectivity index (χ3n) is 2.09. The Kier molecular flexibility index (Phi) is 2.64. The van der Waals surface area contributed by atoms with Crippen molar-refractivity contribution < 1.29 is 17.6 Å². The maximum Gasteiger partial charge on any atom is 0.167 e. The number of halogens is 4. The second-order valence-corrected chi connectivity index (χ2v) is 3.14. The van der Waals surface area contributed by atoms with Crippen molar-refractivity contribution in [2.75, 3.05) is 0 Å². The van der Waals surface area contributed by atoms with E-state index in [1.807, 2.05) is 0 Å². The van der Waals surface area contributed by atoms with Crippen molar-refractivity contribution in [1.82, 2.24) is 0 Å². The lowest BCUT2D eigenvalue weighted by molar-refractivity contribution is 0.509. The van der Waals surface area contributed by atoms with Crippen LogP contribution in [0.25, 0.3) is 11.1 Å². The molecule has 0 aromatic heterocycles. The molecule has 0 amide bonds. The first kappa shape index (κ1) is 10.7. The van der Waals surface area contributed by atoms with E-state index in [4.69, 9.17) is 0 Å². The SMILES string of the molecule is Fc1ccc(-c2[c]ccc(F)c2F)c(F)c1. The van der Waals surface area contributed by atoms with Gasteiger partial charge < -0.3 is 0 Å². The average Bonchev–Trinajstić information content (AvgIpc) is 2.23. The lowest BCUT2D eigenvalue weighted by atomic mass is 10.0. The zero-order valence-corrected chi connectivity index (χ0v) is 7.90. The zero-order valence-electron chi connectivity index (χ0n) is 7.90. The average molecular weight is 225 g/mol. The Labute approximate surface area is 89.2 Å². The molecule has 0 saturated heterocycles. The summed E-state index contributed by atoms with van der Waals surface area (Å²) in [7, 11) is 0. The quantitative estimate of drug-likeness (QED) is 0.649. The van der Waals surface area contributed by atoms with Gasteiger partial charge in [0.2, 0.25) is 0 Å². The molecule has 0 unspecified atom stereocenters. The van der Waals surface area contributed by atoms with Crippen molar-refractivity contribution in [3.8, 4) is 11.1 Å². The fraction of sp³-hybridized carbons (Fsp3) is 0. The molecule has 2 aromatic rings. The van der Waals surface area contributed by atoms with Gasteiger partial charge in [-0.05, 0) is 24.3 Å². The van der Waals surface area contributed by atoms with Crippen LogP contribution >= 0.6 is 0 Å². The highest BCUT2D eigenvalue weighted by molar-refractivity contribution is 5.64. The minimum Gasteiger partial charge on any atom is -0.207 e. The smallest absolute Gasteiger partial charge is 0.167 e. The Bertz CT molecular complexity index is 535. The summed E-state index contributed by atoms with van der Waals surface area (Å²) in [6, 6.07) is 7.00. The molecular formula is C12H5F4. The van der Waals surface area contributed by atoms with E-state index < -0.39 is 23.3 Å². The molecule has 0 heterocycles. The summed E-state index contributed by atoms with van der Waals surface area (Å²) in [4.78, 5) is 0. The van der Waals surface area contributed by atoms with Crippen LogP contribution in [0.4, 0.5) is 17.6 Å². The van der Waals surface area contributed by atoms with E-state index in [9.17, 15) is 17.6 Å². The maximum atomic E-state index is 13.3. The zero-order chi connectivity index (χ0) is 11.7. The first-order valence-electron chi connectivity index (χ1n) is 4.40. The van der Waals surface area contributed by atoms with Gasteiger partial charge in [-0.15, -0.1) is 0 Å². The van der Waals surface area contributed by atoms with Crippen molar-refractivity contribution in [2.45, 2.75) is 0 Å². The van der Waals surface area contributed by atoms with E-state index in [1.165, 1.54) is 0 Å². The van der Waals surface area contributed by atoms with E-state index >= 15 is 0 Å². The van der Waals surface area contributed by atoms with Gasteiger partial charge in [-0.3, -0.25) is 0 Å². The monoisotopic (exact) mass is 225 g/mol. The molecule has 4 heteroatoms. The van der Waals surface area contributed by atoms with Gasteiger partial charge in [-0.2, -0.15) is 0 Å². The predicted molar refractivity (Wildman–Crippen MR) is 50.5 cm³/mol. The van der Waals surface area contributed by atoms with Crippen molar-refractivity contribution >= 4 is 0 Å². The summed E-state index contributed by atoms with van der Waals surface area (Å²) in [6.45, 7) is 0. The lowest BCUT2D eigenvalue weighted by Crippen LogP contribution is -1.92. The van der Waals surface area contributed by atoms with Crippen LogP contribution in [0.1, 0.15) is 0 Å². The predicted octanol–water partition coefficient (Wildman–Crippen LogP) is 3.71. The van der Waals surface area contributed by atoms with Gasteiger partial charge in [0.15, 0.2) is 11.6 Å². The highest BCUT2D eigenvalue weighted by atomic mass is 19.2. The van der Waals surface area contributed by atoms with Crippen LogP contribution < -0.4 is 0 Å². The van der Waals surface area contributed by atoms with Crippen LogP contribution in [0.3, 0.4) is 0 Å². The van der Waals surface area contributed by atoms with Gasteiger partial charge >= 0.3 is 0 Å². The van der Waals surface area contributed by atoms with E-state index in [-0.39, 0.29) is 11.1 Å². The molecule has 2 rings (SSSR count). The van der Waals surface area contributed by atoms with Gasteiger partial charge in [0.1, 0.15) is 11.6 Å². The number of rotatable bonds is 1. The highest BCUT2D eigenvalue weighted by Crippen LogP contribution is 2.26. The van der Waals surface area contributed by atoms with Crippen LogP contribution in [0.15, 0.2) is 30.3 Å². The van der Waals surface area contributed by atoms with Gasteiger partial charge in [0.05, 0.1) is 0 Å². The van der Waals surface area contributed by atoms with E-state index in [0.29, 0.717) is 6.07 Å². The third kappa shape index (κ3) is 1.78. The molecule has 0 fully saturated rings. The lowest BCUT2D eigenvalue weighted by Gasteiger charge is -2.04. The molecule has 0 saturated carbocycles. The van der Waals surface area contributed by atoms with Gasteiger partial charge in [0.25, 0.3) is 0 Å². The number of hydrogen-bond donors (Lipinski definition) is 0. The summed E-state index contributed by atoms with van der Waals surface area (Å²) < 4.78 is 52.1. The molecule has 81 valence electrons. The van der Waals surface area contributed by atoms with Crippen molar-refractivity contribution in [3.63, 3.8) is 0 Å². The summed E-state index contributed by atoms with van der Waals surface area (Å²) in [6.07, 6.45) is 0. The molecule has 2 aromatic carbocycles. The van der Waals surface area contributed by atoms with Crippen LogP contribution in [0, 0.1) is 29.3 Å². The van der Waals surface area contributed by atoms with E-state index in [2.05, 4.69) is 6.07 Å². The largest absolute Gasteiger partial charge is 0.207 e. The van der Waals surface area contributed by atoms with E-state index in [0.717, 1.165) is 24.3 Å². The molecule has 0 aliphatic rings. The second-order valence-electron chi connectivity index (χ2n) is 3.14. The molecule has 0 aliphatic heterocycles. The molecule has 0 spiro atoms. The fourth-order valence-electron chi connectivity index (χ4n) is 1.34. The van der Waals surface area contributed by atoms with E-state index in [1.54, 1.807) is 0 Å². The fourth-order valence-corrected chi connectivity index (χ4v) is 1.34. The Morgan fingerprint density at radius 3 is 2.31 bits per heavy atom. The Balaban J connectivity index is 2.63. The second kappa shape index (κ2) is 3.96. The molecule has 16 heavy (non-hydrogen) atoms. The minimum absolute atomic E-state index is 0.224. The van der Waals surface area contributed by atoms with Gasteiger partial charge in [-0.25, -0.2) is 17.6 Å². The normalized spacial score (nSPS) is 10.5. The topological polar surface area (TPSA) is 0 Å². The standard InChI is InChI=1S/C12H5F4/c13-7-4-5-8(11(15)6-7)9-2-1-3-10(14)12(9)16/h1,3-6H. The van der Waals surface area contributed by atoms with Crippen molar-refractivity contribution in [1.29, 1.82) is 0 Å². The Hall–Kier alpha value is -1.84. The van der Waals surface area contributed by atoms with Crippen molar-refractivity contribution in [2.24, 2.45) is 0 Å². The van der Waals surface area contributed by atoms with Crippen molar-refractivity contribution in [3.05, 3.63) is 59.7 Å². The molecule has 0 aliphatic carbocycles. The summed E-state index contributed by atoms with van der Waals surface area (Å²) in [5, 5.41) is 0. The van der Waals surface area contributed by atoms with Gasteiger partial charge in [0, 0.05) is 17.2 Å². The Morgan fingerprint density at radius 2 is 1.62 bits per heavy atom. The first-order chi connectivity index (χ1) is 7.59. The van der Waals surface area contributed by atoms with Crippen LogP contribution in [-0.2, 0) is 0 Å². The van der Waals surface area contributed by atoms with Gasteiger partial charge in [-0.1, -0.05) is 6.07 Å². The highest BCUT2D eigenvalue weighted by Gasteiger charge is 2.13. The molecule has 0 atom stereocenters. The number of hydrogen-bond acceptors (Lipinski definition) is 0. The molecule has 0 nitrogen and oxygen atoms in total. The van der Waals surface area contributed by atoms with Crippen LogP contribution in [0.2, 0.25) is 0 Å². The summed E-state index contributed by atoms with van der Waals surface area (Å²) >= 11 is 0. The van der Waals surface area contributed by atoms with Crippen LogP contribution in [-0.4, -0.2) is 0 Å². The maximum absolute atomic E-state index is 13.3. The third-order valence-corrected chi connectivity index (χ3v) is 2.09. The Morgan fingerprint density at radius 1 is 0.875 bits per heavy atom. The summed E-state index contributed by atoms with van der Waals surface area (Å²) in [5.41, 5.74) is -0.573.